The van der Waals surface area contributed by atoms with Crippen molar-refractivity contribution >= 4 is 0 Å². The fraction of sp³-hybridized carbons (Fsp3) is 0.375. The van der Waals surface area contributed by atoms with Crippen LogP contribution in [0, 0.1) is 5.82 Å². The Labute approximate surface area is 176 Å². The predicted molar refractivity (Wildman–Crippen MR) is 114 cm³/mol. The second-order valence-corrected chi connectivity index (χ2v) is 7.52. The van der Waals surface area contributed by atoms with E-state index in [1.165, 1.54) is 11.6 Å². The van der Waals surface area contributed by atoms with Crippen LogP contribution in [0.25, 0.3) is 5.69 Å². The maximum Gasteiger partial charge on any atom is 0.148 e. The van der Waals surface area contributed by atoms with Crippen LogP contribution in [0.5, 0.6) is 5.75 Å². The zero-order chi connectivity index (χ0) is 20.9. The molecule has 1 aliphatic rings. The summed E-state index contributed by atoms with van der Waals surface area (Å²) in [7, 11) is 1.68. The molecule has 0 saturated carbocycles. The van der Waals surface area contributed by atoms with Crippen LogP contribution >= 0.6 is 0 Å². The number of benzene rings is 2. The van der Waals surface area contributed by atoms with Crippen LogP contribution in [0.1, 0.15) is 48.2 Å². The minimum atomic E-state index is -0.251. The molecule has 1 N–H and O–H groups in total. The molecule has 0 spiro atoms. The number of ether oxygens (including phenoxy) is 2. The smallest absolute Gasteiger partial charge is 0.148 e. The largest absolute Gasteiger partial charge is 0.496 e. The van der Waals surface area contributed by atoms with E-state index in [1.54, 1.807) is 23.9 Å². The van der Waals surface area contributed by atoms with E-state index in [0.717, 1.165) is 48.4 Å². The van der Waals surface area contributed by atoms with E-state index in [2.05, 4.69) is 22.5 Å². The predicted octanol–water partition coefficient (Wildman–Crippen LogP) is 4.72. The molecule has 0 bridgehead atoms. The summed E-state index contributed by atoms with van der Waals surface area (Å²) < 4.78 is 27.1. The number of fused-ring (bicyclic) bond motifs is 1. The molecule has 30 heavy (non-hydrogen) atoms. The third-order valence-corrected chi connectivity index (χ3v) is 5.62. The molecule has 1 aromatic heterocycles. The van der Waals surface area contributed by atoms with Gasteiger partial charge in [-0.1, -0.05) is 18.2 Å². The highest BCUT2D eigenvalue weighted by atomic mass is 19.1. The molecular formula is C24H28FN3O2. The molecule has 3 aromatic rings. The number of hydrogen-bond donors (Lipinski definition) is 1. The van der Waals surface area contributed by atoms with E-state index in [4.69, 9.17) is 9.47 Å². The molecular weight excluding hydrogens is 381 g/mol. The zero-order valence-electron chi connectivity index (χ0n) is 17.5. The highest BCUT2D eigenvalue weighted by molar-refractivity contribution is 5.39. The SMILES string of the molecule is CCOCc1cc(CN[C@@H]2CCCc3c2cnn3-c2ccccc2F)ccc1OC. The maximum atomic E-state index is 14.3. The van der Waals surface area contributed by atoms with Crippen molar-refractivity contribution in [2.24, 2.45) is 0 Å². The van der Waals surface area contributed by atoms with Crippen LogP contribution < -0.4 is 10.1 Å². The molecule has 0 radical (unpaired) electrons. The average molecular weight is 410 g/mol. The molecule has 0 unspecified atom stereocenters. The van der Waals surface area contributed by atoms with Crippen molar-refractivity contribution in [1.82, 2.24) is 15.1 Å². The minimum Gasteiger partial charge on any atom is -0.496 e. The Morgan fingerprint density at radius 2 is 2.10 bits per heavy atom. The molecule has 1 heterocycles. The third kappa shape index (κ3) is 4.25. The van der Waals surface area contributed by atoms with Gasteiger partial charge in [0.15, 0.2) is 0 Å². The molecule has 0 aliphatic heterocycles. The number of nitrogens with zero attached hydrogens (tertiary/aromatic N) is 2. The Bertz CT molecular complexity index is 1000. The highest BCUT2D eigenvalue weighted by Crippen LogP contribution is 2.32. The van der Waals surface area contributed by atoms with Gasteiger partial charge in [0.1, 0.15) is 17.3 Å². The van der Waals surface area contributed by atoms with Gasteiger partial charge in [-0.05, 0) is 56.0 Å². The molecule has 1 atom stereocenters. The van der Waals surface area contributed by atoms with Gasteiger partial charge in [0.25, 0.3) is 0 Å². The Hall–Kier alpha value is -2.70. The van der Waals surface area contributed by atoms with Gasteiger partial charge in [0.2, 0.25) is 0 Å². The first-order valence-corrected chi connectivity index (χ1v) is 10.5. The first-order chi connectivity index (χ1) is 14.7. The van der Waals surface area contributed by atoms with Crippen molar-refractivity contribution in [3.8, 4) is 11.4 Å². The molecule has 158 valence electrons. The summed E-state index contributed by atoms with van der Waals surface area (Å²) in [5, 5.41) is 8.17. The van der Waals surface area contributed by atoms with Crippen molar-refractivity contribution in [2.75, 3.05) is 13.7 Å². The van der Waals surface area contributed by atoms with Crippen LogP contribution in [-0.2, 0) is 24.3 Å². The van der Waals surface area contributed by atoms with Gasteiger partial charge in [-0.2, -0.15) is 5.10 Å². The van der Waals surface area contributed by atoms with E-state index in [1.807, 2.05) is 25.3 Å². The van der Waals surface area contributed by atoms with Crippen molar-refractivity contribution in [1.29, 1.82) is 0 Å². The zero-order valence-corrected chi connectivity index (χ0v) is 17.5. The first-order valence-electron chi connectivity index (χ1n) is 10.5. The van der Waals surface area contributed by atoms with E-state index >= 15 is 0 Å². The van der Waals surface area contributed by atoms with Gasteiger partial charge >= 0.3 is 0 Å². The van der Waals surface area contributed by atoms with Gasteiger partial charge < -0.3 is 14.8 Å². The maximum absolute atomic E-state index is 14.3. The summed E-state index contributed by atoms with van der Waals surface area (Å²) in [6.07, 6.45) is 4.87. The third-order valence-electron chi connectivity index (χ3n) is 5.62. The van der Waals surface area contributed by atoms with E-state index in [-0.39, 0.29) is 11.9 Å². The number of rotatable bonds is 8. The van der Waals surface area contributed by atoms with Gasteiger partial charge in [0, 0.05) is 36.0 Å². The molecule has 4 rings (SSSR count). The minimum absolute atomic E-state index is 0.201. The Morgan fingerprint density at radius 1 is 1.23 bits per heavy atom. The summed E-state index contributed by atoms with van der Waals surface area (Å²) in [6.45, 7) is 3.93. The van der Waals surface area contributed by atoms with Crippen LogP contribution in [0.3, 0.4) is 0 Å². The quantitative estimate of drug-likeness (QED) is 0.585. The van der Waals surface area contributed by atoms with E-state index in [9.17, 15) is 4.39 Å². The summed E-state index contributed by atoms with van der Waals surface area (Å²) in [5.41, 5.74) is 4.99. The van der Waals surface area contributed by atoms with Crippen LogP contribution in [0.2, 0.25) is 0 Å². The lowest BCUT2D eigenvalue weighted by Crippen LogP contribution is -2.25. The lowest BCUT2D eigenvalue weighted by Gasteiger charge is -2.24. The topological polar surface area (TPSA) is 48.3 Å². The van der Waals surface area contributed by atoms with Crippen LogP contribution in [0.4, 0.5) is 4.39 Å². The Kier molecular flexibility index (Phi) is 6.45. The second kappa shape index (κ2) is 9.41. The standard InChI is InChI=1S/C24H28FN3O2/c1-3-30-16-18-13-17(11-12-24(18)29-2)14-26-21-8-6-10-22-19(21)15-27-28(22)23-9-5-4-7-20(23)25/h4-5,7,9,11-13,15,21,26H,3,6,8,10,14,16H2,1-2H3/t21-/m1/s1. The number of methoxy groups -OCH3 is 1. The molecule has 1 aliphatic carbocycles. The Morgan fingerprint density at radius 3 is 2.90 bits per heavy atom. The van der Waals surface area contributed by atoms with Gasteiger partial charge in [0.05, 0.1) is 19.9 Å². The average Bonchev–Trinajstić information content (AvgIpc) is 3.21. The first kappa shape index (κ1) is 20.6. The van der Waals surface area contributed by atoms with Crippen molar-refractivity contribution in [2.45, 2.75) is 45.4 Å². The summed E-state index contributed by atoms with van der Waals surface area (Å²) >= 11 is 0. The fourth-order valence-corrected chi connectivity index (χ4v) is 4.11. The Balaban J connectivity index is 1.51. The molecule has 5 nitrogen and oxygen atoms in total. The van der Waals surface area contributed by atoms with Gasteiger partial charge in [-0.25, -0.2) is 9.07 Å². The molecule has 2 aromatic carbocycles. The van der Waals surface area contributed by atoms with Crippen molar-refractivity contribution in [3.63, 3.8) is 0 Å². The molecule has 6 heteroatoms. The number of halogens is 1. The summed E-state index contributed by atoms with van der Waals surface area (Å²) in [6, 6.07) is 13.2. The second-order valence-electron chi connectivity index (χ2n) is 7.52. The number of para-hydroxylation sites is 1. The van der Waals surface area contributed by atoms with Crippen LogP contribution in [0.15, 0.2) is 48.7 Å². The highest BCUT2D eigenvalue weighted by Gasteiger charge is 2.25. The normalized spacial score (nSPS) is 15.8. The van der Waals surface area contributed by atoms with Crippen molar-refractivity contribution < 1.29 is 13.9 Å². The van der Waals surface area contributed by atoms with E-state index in [0.29, 0.717) is 18.9 Å². The van der Waals surface area contributed by atoms with Gasteiger partial charge in [-0.15, -0.1) is 0 Å². The van der Waals surface area contributed by atoms with Crippen LogP contribution in [-0.4, -0.2) is 23.5 Å². The van der Waals surface area contributed by atoms with E-state index < -0.39 is 0 Å². The van der Waals surface area contributed by atoms with Gasteiger partial charge in [-0.3, -0.25) is 0 Å². The number of aromatic nitrogens is 2. The number of nitrogens with one attached hydrogen (secondary N) is 1. The lowest BCUT2D eigenvalue weighted by molar-refractivity contribution is 0.132. The van der Waals surface area contributed by atoms with Crippen molar-refractivity contribution in [3.05, 3.63) is 76.9 Å². The molecule has 0 amide bonds. The summed E-state index contributed by atoms with van der Waals surface area (Å²) in [5.74, 6) is 0.594. The number of hydrogen-bond acceptors (Lipinski definition) is 4. The summed E-state index contributed by atoms with van der Waals surface area (Å²) in [4.78, 5) is 0. The monoisotopic (exact) mass is 409 g/mol. The lowest BCUT2D eigenvalue weighted by atomic mass is 9.92. The fourth-order valence-electron chi connectivity index (χ4n) is 4.11. The molecule has 0 saturated heterocycles. The molecule has 0 fully saturated rings.